The van der Waals surface area contributed by atoms with Crippen LogP contribution in [0.25, 0.3) is 0 Å². The van der Waals surface area contributed by atoms with E-state index in [1.807, 2.05) is 4.68 Å². The van der Waals surface area contributed by atoms with E-state index in [0.29, 0.717) is 29.4 Å². The van der Waals surface area contributed by atoms with Crippen molar-refractivity contribution in [2.24, 2.45) is 0 Å². The largest absolute Gasteiger partial charge is 0.489 e. The first-order chi connectivity index (χ1) is 15.6. The zero-order valence-corrected chi connectivity index (χ0v) is 18.9. The van der Waals surface area contributed by atoms with Crippen LogP contribution in [0.1, 0.15) is 61.7 Å². The number of ether oxygens (including phenoxy) is 1. The fourth-order valence-corrected chi connectivity index (χ4v) is 5.20. The Kier molecular flexibility index (Phi) is 7.05. The molecule has 5 N–H and O–H groups in total. The summed E-state index contributed by atoms with van der Waals surface area (Å²) >= 11 is 6.89. The Morgan fingerprint density at radius 1 is 1.31 bits per heavy atom. The quantitative estimate of drug-likeness (QED) is 0.501. The number of amides is 1. The first-order valence-electron chi connectivity index (χ1n) is 11.3. The van der Waals surface area contributed by atoms with E-state index in [2.05, 4.69) is 20.7 Å². The van der Waals surface area contributed by atoms with Crippen LogP contribution in [-0.4, -0.2) is 50.9 Å². The average molecular weight is 463 g/mol. The number of carbonyl (C=O) groups is 1. The zero-order valence-electron chi connectivity index (χ0n) is 18.1. The molecule has 1 amide bonds. The van der Waals surface area contributed by atoms with E-state index in [1.165, 1.54) is 31.9 Å². The van der Waals surface area contributed by atoms with E-state index in [4.69, 9.17) is 27.2 Å². The molecule has 1 unspecified atom stereocenters. The maximum atomic E-state index is 13.3. The van der Waals surface area contributed by atoms with Gasteiger partial charge in [0.05, 0.1) is 23.7 Å². The highest BCUT2D eigenvalue weighted by molar-refractivity contribution is 6.22. The third-order valence-electron chi connectivity index (χ3n) is 6.44. The molecule has 1 saturated carbocycles. The molecule has 1 aliphatic heterocycles. The van der Waals surface area contributed by atoms with Gasteiger partial charge >= 0.3 is 0 Å². The molecule has 0 bridgehead atoms. The second-order valence-corrected chi connectivity index (χ2v) is 9.02. The summed E-state index contributed by atoms with van der Waals surface area (Å²) in [5, 5.41) is 19.6. The molecule has 174 valence electrons. The number of aromatic nitrogens is 3. The molecule has 2 aromatic rings. The Morgan fingerprint density at radius 3 is 2.75 bits per heavy atom. The lowest BCUT2D eigenvalue weighted by molar-refractivity contribution is 0.102. The lowest BCUT2D eigenvalue weighted by Gasteiger charge is -2.43. The Labute approximate surface area is 192 Å². The first kappa shape index (κ1) is 22.7. The van der Waals surface area contributed by atoms with Crippen molar-refractivity contribution in [1.82, 2.24) is 14.8 Å². The van der Waals surface area contributed by atoms with Gasteiger partial charge in [0, 0.05) is 18.8 Å². The van der Waals surface area contributed by atoms with Gasteiger partial charge in [0.1, 0.15) is 29.4 Å². The number of hydrogen-bond acceptors (Lipinski definition) is 7. The number of pyridine rings is 1. The van der Waals surface area contributed by atoms with E-state index < -0.39 is 5.91 Å². The molecule has 1 atom stereocenters. The summed E-state index contributed by atoms with van der Waals surface area (Å²) < 4.78 is 7.38. The molecule has 2 aromatic heterocycles. The van der Waals surface area contributed by atoms with Crippen LogP contribution in [0.4, 0.5) is 17.3 Å². The molecular weight excluding hydrogens is 432 g/mol. The maximum absolute atomic E-state index is 13.3. The minimum atomic E-state index is -0.399. The summed E-state index contributed by atoms with van der Waals surface area (Å²) in [5.41, 5.74) is 6.61. The smallest absolute Gasteiger partial charge is 0.263 e. The standard InChI is InChI=1S/C22H31ClN6O3/c23-17-14-26-20-18(21(31)27-15-13-25-10-7-16(15)32-12-11-30)19(24)28-29(20)22(17)8-5-3-1-2-4-6-9-22/h7,10,13,17,26,30H,1-6,8-9,11-12,14H2,(H2,24,28)(H,27,31). The van der Waals surface area contributed by atoms with Crippen LogP contribution in [0.5, 0.6) is 5.75 Å². The van der Waals surface area contributed by atoms with Crippen molar-refractivity contribution in [3.05, 3.63) is 24.0 Å². The second kappa shape index (κ2) is 9.95. The summed E-state index contributed by atoms with van der Waals surface area (Å²) in [6, 6.07) is 1.63. The number of hydrogen-bond donors (Lipinski definition) is 4. The molecule has 9 nitrogen and oxygen atoms in total. The van der Waals surface area contributed by atoms with Gasteiger partial charge in [0.15, 0.2) is 5.82 Å². The summed E-state index contributed by atoms with van der Waals surface area (Å²) in [6.07, 6.45) is 11.9. The number of aliphatic hydroxyl groups is 1. The number of carbonyl (C=O) groups excluding carboxylic acids is 1. The summed E-state index contributed by atoms with van der Waals surface area (Å²) in [5.74, 6) is 0.794. The fraction of sp³-hybridized carbons (Fsp3) is 0.591. The summed E-state index contributed by atoms with van der Waals surface area (Å²) in [6.45, 7) is 0.523. The molecular formula is C22H31ClN6O3. The number of fused-ring (bicyclic) bond motifs is 2. The number of alkyl halides is 1. The zero-order chi connectivity index (χ0) is 22.6. The number of aliphatic hydroxyl groups excluding tert-OH is 1. The van der Waals surface area contributed by atoms with E-state index in [1.54, 1.807) is 12.3 Å². The highest BCUT2D eigenvalue weighted by Gasteiger charge is 2.46. The van der Waals surface area contributed by atoms with Crippen molar-refractivity contribution in [2.45, 2.75) is 62.3 Å². The number of rotatable bonds is 5. The predicted octanol–water partition coefficient (Wildman–Crippen LogP) is 3.35. The average Bonchev–Trinajstić information content (AvgIpc) is 3.19. The summed E-state index contributed by atoms with van der Waals surface area (Å²) in [7, 11) is 0. The number of halogens is 1. The van der Waals surface area contributed by atoms with Crippen LogP contribution in [0.3, 0.4) is 0 Å². The van der Waals surface area contributed by atoms with Crippen molar-refractivity contribution in [3.63, 3.8) is 0 Å². The molecule has 1 fully saturated rings. The van der Waals surface area contributed by atoms with Crippen LogP contribution in [0.2, 0.25) is 0 Å². The lowest BCUT2D eigenvalue weighted by atomic mass is 9.83. The minimum Gasteiger partial charge on any atom is -0.489 e. The molecule has 3 heterocycles. The van der Waals surface area contributed by atoms with Gasteiger partial charge in [0.25, 0.3) is 5.91 Å². The van der Waals surface area contributed by atoms with Gasteiger partial charge in [-0.25, -0.2) is 4.68 Å². The number of nitrogens with one attached hydrogen (secondary N) is 2. The van der Waals surface area contributed by atoms with Gasteiger partial charge in [-0.3, -0.25) is 9.78 Å². The van der Waals surface area contributed by atoms with Gasteiger partial charge in [0.2, 0.25) is 0 Å². The van der Waals surface area contributed by atoms with E-state index >= 15 is 0 Å². The van der Waals surface area contributed by atoms with Gasteiger partial charge in [-0.05, 0) is 12.8 Å². The van der Waals surface area contributed by atoms with Gasteiger partial charge in [-0.15, -0.1) is 11.6 Å². The Hall–Kier alpha value is -2.52. The third kappa shape index (κ3) is 4.36. The Bertz CT molecular complexity index is 940. The van der Waals surface area contributed by atoms with Crippen LogP contribution in [0.15, 0.2) is 18.5 Å². The highest BCUT2D eigenvalue weighted by atomic mass is 35.5. The normalized spacial score (nSPS) is 20.4. The van der Waals surface area contributed by atoms with Crippen molar-refractivity contribution >= 4 is 34.8 Å². The SMILES string of the molecule is Nc1nn2c(c1C(=O)Nc1cnccc1OCCO)NCC(Cl)C21CCCCCCCC1. The van der Waals surface area contributed by atoms with Gasteiger partial charge in [-0.2, -0.15) is 5.10 Å². The van der Waals surface area contributed by atoms with Crippen molar-refractivity contribution in [1.29, 1.82) is 0 Å². The van der Waals surface area contributed by atoms with E-state index in [0.717, 1.165) is 25.7 Å². The Balaban J connectivity index is 1.66. The molecule has 0 saturated heterocycles. The fourth-order valence-electron chi connectivity index (χ4n) is 4.81. The van der Waals surface area contributed by atoms with E-state index in [9.17, 15) is 4.79 Å². The minimum absolute atomic E-state index is 0.111. The summed E-state index contributed by atoms with van der Waals surface area (Å²) in [4.78, 5) is 17.3. The Morgan fingerprint density at radius 2 is 2.03 bits per heavy atom. The van der Waals surface area contributed by atoms with Crippen molar-refractivity contribution < 1.29 is 14.6 Å². The maximum Gasteiger partial charge on any atom is 0.263 e. The molecule has 0 aromatic carbocycles. The molecule has 1 spiro atoms. The molecule has 2 aliphatic rings. The predicted molar refractivity (Wildman–Crippen MR) is 124 cm³/mol. The van der Waals surface area contributed by atoms with Gasteiger partial charge < -0.3 is 26.2 Å². The number of nitrogens with two attached hydrogens (primary N) is 1. The molecule has 32 heavy (non-hydrogen) atoms. The third-order valence-corrected chi connectivity index (χ3v) is 7.00. The first-order valence-corrected chi connectivity index (χ1v) is 11.8. The lowest BCUT2D eigenvalue weighted by Crippen LogP contribution is -2.50. The molecule has 10 heteroatoms. The van der Waals surface area contributed by atoms with Crippen molar-refractivity contribution in [2.75, 3.05) is 36.1 Å². The van der Waals surface area contributed by atoms with Crippen LogP contribution in [0, 0.1) is 0 Å². The number of nitrogens with zero attached hydrogens (tertiary/aromatic N) is 3. The van der Waals surface area contributed by atoms with Crippen LogP contribution < -0.4 is 21.1 Å². The van der Waals surface area contributed by atoms with Crippen molar-refractivity contribution in [3.8, 4) is 5.75 Å². The van der Waals surface area contributed by atoms with E-state index in [-0.39, 0.29) is 29.9 Å². The van der Waals surface area contributed by atoms with Crippen LogP contribution >= 0.6 is 11.6 Å². The number of nitrogen functional groups attached to an aromatic ring is 1. The molecule has 1 aliphatic carbocycles. The topological polar surface area (TPSA) is 127 Å². The highest BCUT2D eigenvalue weighted by Crippen LogP contribution is 2.44. The number of anilines is 3. The molecule has 4 rings (SSSR count). The van der Waals surface area contributed by atoms with Gasteiger partial charge in [-0.1, -0.05) is 38.5 Å². The second-order valence-electron chi connectivity index (χ2n) is 8.49. The monoisotopic (exact) mass is 462 g/mol. The molecule has 0 radical (unpaired) electrons. The van der Waals surface area contributed by atoms with Crippen LogP contribution in [-0.2, 0) is 5.54 Å².